The van der Waals surface area contributed by atoms with Crippen LogP contribution in [0.15, 0.2) is 36.7 Å². The molecule has 1 aliphatic heterocycles. The van der Waals surface area contributed by atoms with E-state index in [9.17, 15) is 4.79 Å². The third-order valence-corrected chi connectivity index (χ3v) is 5.11. The monoisotopic (exact) mass is 389 g/mol. The maximum absolute atomic E-state index is 11.6. The number of aromatic nitrogens is 2. The second-order valence-electron chi connectivity index (χ2n) is 6.74. The molecule has 6 nitrogen and oxygen atoms in total. The lowest BCUT2D eigenvalue weighted by Crippen LogP contribution is -2.47. The van der Waals surface area contributed by atoms with Gasteiger partial charge in [0.05, 0.1) is 19.8 Å². The van der Waals surface area contributed by atoms with Crippen molar-refractivity contribution >= 4 is 29.2 Å². The Morgan fingerprint density at radius 1 is 1.26 bits per heavy atom. The van der Waals surface area contributed by atoms with Gasteiger partial charge in [0.25, 0.3) is 0 Å². The van der Waals surface area contributed by atoms with Crippen molar-refractivity contribution in [2.24, 2.45) is 0 Å². The number of anilines is 2. The highest BCUT2D eigenvalue weighted by Gasteiger charge is 2.40. The molecule has 0 atom stereocenters. The first-order chi connectivity index (χ1) is 13.0. The standard InChI is InChI=1S/C20H24ClN3O3/c1-3-27-18(25)5-4-10-20(13-26-14-20)15-11-22-19(23-12-15)24(2)17-8-6-16(21)7-9-17/h6-9,11-12H,3-5,10,13-14H2,1-2H3. The third kappa shape index (κ3) is 4.57. The van der Waals surface area contributed by atoms with Crippen LogP contribution in [0.2, 0.25) is 5.02 Å². The zero-order valence-corrected chi connectivity index (χ0v) is 16.4. The quantitative estimate of drug-likeness (QED) is 0.638. The highest BCUT2D eigenvalue weighted by molar-refractivity contribution is 6.30. The van der Waals surface area contributed by atoms with Gasteiger partial charge in [-0.25, -0.2) is 9.97 Å². The van der Waals surface area contributed by atoms with Crippen molar-refractivity contribution in [3.63, 3.8) is 0 Å². The molecule has 1 fully saturated rings. The molecule has 0 N–H and O–H groups in total. The summed E-state index contributed by atoms with van der Waals surface area (Å²) in [5, 5.41) is 0.693. The molecule has 0 aliphatic carbocycles. The molecule has 0 unspecified atom stereocenters. The van der Waals surface area contributed by atoms with Gasteiger partial charge in [0.15, 0.2) is 0 Å². The number of rotatable bonds is 8. The number of carbonyl (C=O) groups is 1. The Hall–Kier alpha value is -2.18. The number of benzene rings is 1. The van der Waals surface area contributed by atoms with Crippen LogP contribution in [0.1, 0.15) is 31.7 Å². The van der Waals surface area contributed by atoms with Crippen LogP contribution in [0.25, 0.3) is 0 Å². The van der Waals surface area contributed by atoms with Crippen LogP contribution in [-0.4, -0.2) is 42.8 Å². The first-order valence-electron chi connectivity index (χ1n) is 9.09. The molecule has 1 aromatic carbocycles. The molecular formula is C20H24ClN3O3. The van der Waals surface area contributed by atoms with Crippen molar-refractivity contribution in [1.29, 1.82) is 0 Å². The number of esters is 1. The Bertz CT molecular complexity index is 761. The fourth-order valence-corrected chi connectivity index (χ4v) is 3.28. The van der Waals surface area contributed by atoms with Gasteiger partial charge < -0.3 is 14.4 Å². The number of nitrogens with zero attached hydrogens (tertiary/aromatic N) is 3. The average molecular weight is 390 g/mol. The smallest absolute Gasteiger partial charge is 0.305 e. The van der Waals surface area contributed by atoms with Crippen molar-refractivity contribution in [3.05, 3.63) is 47.2 Å². The summed E-state index contributed by atoms with van der Waals surface area (Å²) in [6, 6.07) is 7.53. The van der Waals surface area contributed by atoms with Crippen molar-refractivity contribution < 1.29 is 14.3 Å². The van der Waals surface area contributed by atoms with Gasteiger partial charge in [-0.2, -0.15) is 0 Å². The molecule has 144 valence electrons. The topological polar surface area (TPSA) is 64.5 Å². The van der Waals surface area contributed by atoms with E-state index in [1.165, 1.54) is 0 Å². The highest BCUT2D eigenvalue weighted by Crippen LogP contribution is 2.37. The van der Waals surface area contributed by atoms with Crippen LogP contribution in [0.3, 0.4) is 0 Å². The molecule has 0 bridgehead atoms. The minimum Gasteiger partial charge on any atom is -0.466 e. The Morgan fingerprint density at radius 2 is 1.93 bits per heavy atom. The number of hydrogen-bond donors (Lipinski definition) is 0. The number of carbonyl (C=O) groups excluding carboxylic acids is 1. The summed E-state index contributed by atoms with van der Waals surface area (Å²) in [6.45, 7) is 3.50. The summed E-state index contributed by atoms with van der Waals surface area (Å²) < 4.78 is 10.5. The molecule has 0 spiro atoms. The minimum absolute atomic E-state index is 0.107. The van der Waals surface area contributed by atoms with Crippen LogP contribution < -0.4 is 4.90 Å². The zero-order chi connectivity index (χ0) is 19.3. The van der Waals surface area contributed by atoms with E-state index in [0.717, 1.165) is 24.1 Å². The molecule has 1 aliphatic rings. The van der Waals surface area contributed by atoms with Crippen molar-refractivity contribution in [2.75, 3.05) is 31.8 Å². The van der Waals surface area contributed by atoms with E-state index in [0.29, 0.717) is 37.2 Å². The SMILES string of the molecule is CCOC(=O)CCCC1(c2cnc(N(C)c3ccc(Cl)cc3)nc2)COC1. The van der Waals surface area contributed by atoms with Gasteiger partial charge in [-0.05, 0) is 49.6 Å². The second kappa shape index (κ2) is 8.67. The zero-order valence-electron chi connectivity index (χ0n) is 15.7. The van der Waals surface area contributed by atoms with E-state index in [1.807, 2.05) is 55.5 Å². The first-order valence-corrected chi connectivity index (χ1v) is 9.47. The van der Waals surface area contributed by atoms with E-state index >= 15 is 0 Å². The average Bonchev–Trinajstić information content (AvgIpc) is 2.64. The molecule has 7 heteroatoms. The molecular weight excluding hydrogens is 366 g/mol. The Labute approximate surface area is 164 Å². The Balaban J connectivity index is 1.66. The van der Waals surface area contributed by atoms with Gasteiger partial charge in [0.2, 0.25) is 5.95 Å². The summed E-state index contributed by atoms with van der Waals surface area (Å²) in [5.74, 6) is 0.465. The van der Waals surface area contributed by atoms with Crippen molar-refractivity contribution in [3.8, 4) is 0 Å². The number of halogens is 1. The molecule has 0 radical (unpaired) electrons. The molecule has 1 saturated heterocycles. The minimum atomic E-state index is -0.149. The summed E-state index contributed by atoms with van der Waals surface area (Å²) in [6.07, 6.45) is 5.76. The van der Waals surface area contributed by atoms with Gasteiger partial charge in [0, 0.05) is 42.0 Å². The van der Waals surface area contributed by atoms with Gasteiger partial charge >= 0.3 is 5.97 Å². The summed E-state index contributed by atoms with van der Waals surface area (Å²) >= 11 is 5.94. The van der Waals surface area contributed by atoms with Crippen LogP contribution in [0.5, 0.6) is 0 Å². The Morgan fingerprint density at radius 3 is 2.48 bits per heavy atom. The highest BCUT2D eigenvalue weighted by atomic mass is 35.5. The van der Waals surface area contributed by atoms with Gasteiger partial charge in [-0.15, -0.1) is 0 Å². The summed E-state index contributed by atoms with van der Waals surface area (Å²) in [7, 11) is 1.92. The predicted octanol–water partition coefficient (Wildman–Crippen LogP) is 3.90. The largest absolute Gasteiger partial charge is 0.466 e. The summed E-state index contributed by atoms with van der Waals surface area (Å²) in [4.78, 5) is 22.5. The normalized spacial score (nSPS) is 15.1. The fourth-order valence-electron chi connectivity index (χ4n) is 3.16. The predicted molar refractivity (Wildman–Crippen MR) is 105 cm³/mol. The molecule has 27 heavy (non-hydrogen) atoms. The summed E-state index contributed by atoms with van der Waals surface area (Å²) in [5.41, 5.74) is 1.90. The Kier molecular flexibility index (Phi) is 6.29. The van der Waals surface area contributed by atoms with Crippen LogP contribution >= 0.6 is 11.6 Å². The van der Waals surface area contributed by atoms with E-state index < -0.39 is 0 Å². The molecule has 1 aromatic heterocycles. The van der Waals surface area contributed by atoms with E-state index in [4.69, 9.17) is 21.1 Å². The van der Waals surface area contributed by atoms with E-state index in [2.05, 4.69) is 9.97 Å². The molecule has 2 aromatic rings. The molecule has 2 heterocycles. The first kappa shape index (κ1) is 19.6. The number of hydrogen-bond acceptors (Lipinski definition) is 6. The van der Waals surface area contributed by atoms with Gasteiger partial charge in [0.1, 0.15) is 0 Å². The lowest BCUT2D eigenvalue weighted by molar-refractivity contribution is -0.143. The van der Waals surface area contributed by atoms with Crippen molar-refractivity contribution in [1.82, 2.24) is 9.97 Å². The third-order valence-electron chi connectivity index (χ3n) is 4.86. The van der Waals surface area contributed by atoms with Gasteiger partial charge in [-0.3, -0.25) is 4.79 Å². The second-order valence-corrected chi connectivity index (χ2v) is 7.18. The van der Waals surface area contributed by atoms with Crippen molar-refractivity contribution in [2.45, 2.75) is 31.6 Å². The fraction of sp³-hybridized carbons (Fsp3) is 0.450. The maximum atomic E-state index is 11.6. The van der Waals surface area contributed by atoms with Crippen LogP contribution in [0.4, 0.5) is 11.6 Å². The van der Waals surface area contributed by atoms with Gasteiger partial charge in [-0.1, -0.05) is 11.6 Å². The van der Waals surface area contributed by atoms with E-state index in [1.54, 1.807) is 0 Å². The molecule has 0 amide bonds. The number of ether oxygens (including phenoxy) is 2. The van der Waals surface area contributed by atoms with Crippen LogP contribution in [0, 0.1) is 0 Å². The van der Waals surface area contributed by atoms with Crippen LogP contribution in [-0.2, 0) is 19.7 Å². The molecule has 3 rings (SSSR count). The lowest BCUT2D eigenvalue weighted by atomic mass is 9.76. The maximum Gasteiger partial charge on any atom is 0.305 e. The lowest BCUT2D eigenvalue weighted by Gasteiger charge is -2.41. The van der Waals surface area contributed by atoms with E-state index in [-0.39, 0.29) is 11.4 Å². The molecule has 0 saturated carbocycles.